The molecule has 0 radical (unpaired) electrons. The SMILES string of the molecule is CCn1c(=O)c(-c2noc(CCC(=O)NCc3ccccc3OC)n2)nn(-c2ccc(C)cc2)c1=O. The van der Waals surface area contributed by atoms with E-state index in [4.69, 9.17) is 9.26 Å². The Bertz CT molecular complexity index is 1490. The first-order valence-electron chi connectivity index (χ1n) is 11.4. The number of amides is 1. The van der Waals surface area contributed by atoms with E-state index in [9.17, 15) is 14.4 Å². The highest BCUT2D eigenvalue weighted by atomic mass is 16.5. The first kappa shape index (κ1) is 24.6. The Morgan fingerprint density at radius 3 is 2.58 bits per heavy atom. The van der Waals surface area contributed by atoms with Gasteiger partial charge in [-0.25, -0.2) is 4.79 Å². The number of aromatic nitrogens is 5. The molecule has 4 rings (SSSR count). The molecule has 0 saturated carbocycles. The van der Waals surface area contributed by atoms with Crippen molar-refractivity contribution in [3.8, 4) is 23.0 Å². The predicted octanol–water partition coefficient (Wildman–Crippen LogP) is 2.03. The van der Waals surface area contributed by atoms with Crippen LogP contribution in [0.4, 0.5) is 0 Å². The first-order valence-corrected chi connectivity index (χ1v) is 11.4. The Hall–Kier alpha value is -4.54. The quantitative estimate of drug-likeness (QED) is 0.377. The maximum Gasteiger partial charge on any atom is 0.352 e. The minimum atomic E-state index is -0.618. The molecule has 2 aromatic carbocycles. The van der Waals surface area contributed by atoms with Gasteiger partial charge in [-0.15, -0.1) is 0 Å². The minimum absolute atomic E-state index is 0.0486. The lowest BCUT2D eigenvalue weighted by atomic mass is 10.2. The largest absolute Gasteiger partial charge is 0.496 e. The third-order valence-corrected chi connectivity index (χ3v) is 5.57. The van der Waals surface area contributed by atoms with Crippen molar-refractivity contribution in [2.24, 2.45) is 0 Å². The van der Waals surface area contributed by atoms with E-state index >= 15 is 0 Å². The topological polar surface area (TPSA) is 134 Å². The Morgan fingerprint density at radius 1 is 1.11 bits per heavy atom. The van der Waals surface area contributed by atoms with Gasteiger partial charge in [0.05, 0.1) is 12.8 Å². The molecular formula is C25H26N6O5. The van der Waals surface area contributed by atoms with Crippen LogP contribution in [0.1, 0.15) is 30.4 Å². The van der Waals surface area contributed by atoms with E-state index in [1.165, 1.54) is 0 Å². The van der Waals surface area contributed by atoms with Crippen molar-refractivity contribution < 1.29 is 14.1 Å². The van der Waals surface area contributed by atoms with Crippen LogP contribution in [-0.2, 0) is 24.3 Å². The van der Waals surface area contributed by atoms with Gasteiger partial charge in [0.1, 0.15) is 5.75 Å². The summed E-state index contributed by atoms with van der Waals surface area (Å²) in [6, 6.07) is 14.6. The molecule has 0 spiro atoms. The van der Waals surface area contributed by atoms with Crippen LogP contribution in [-0.4, -0.2) is 37.5 Å². The van der Waals surface area contributed by atoms with Gasteiger partial charge >= 0.3 is 5.69 Å². The number of hydrogen-bond donors (Lipinski definition) is 1. The van der Waals surface area contributed by atoms with Crippen LogP contribution >= 0.6 is 0 Å². The molecule has 0 aliphatic rings. The third kappa shape index (κ3) is 5.24. The fraction of sp³-hybridized carbons (Fsp3) is 0.280. The summed E-state index contributed by atoms with van der Waals surface area (Å²) in [5.74, 6) is 0.610. The van der Waals surface area contributed by atoms with E-state index in [0.717, 1.165) is 20.4 Å². The Kier molecular flexibility index (Phi) is 7.38. The molecule has 0 aliphatic heterocycles. The van der Waals surface area contributed by atoms with Crippen molar-refractivity contribution in [3.05, 3.63) is 86.4 Å². The Labute approximate surface area is 206 Å². The first-order chi connectivity index (χ1) is 17.4. The molecule has 36 heavy (non-hydrogen) atoms. The summed E-state index contributed by atoms with van der Waals surface area (Å²) < 4.78 is 12.7. The molecule has 2 aromatic heterocycles. The maximum atomic E-state index is 12.9. The molecule has 0 unspecified atom stereocenters. The molecule has 0 aliphatic carbocycles. The fourth-order valence-corrected chi connectivity index (χ4v) is 3.59. The molecule has 1 N–H and O–H groups in total. The van der Waals surface area contributed by atoms with Crippen molar-refractivity contribution in [2.75, 3.05) is 7.11 Å². The van der Waals surface area contributed by atoms with Gasteiger partial charge in [-0.2, -0.15) is 14.8 Å². The summed E-state index contributed by atoms with van der Waals surface area (Å²) in [6.45, 7) is 4.09. The summed E-state index contributed by atoms with van der Waals surface area (Å²) in [5.41, 5.74) is 1.08. The lowest BCUT2D eigenvalue weighted by molar-refractivity contribution is -0.121. The second kappa shape index (κ2) is 10.8. The van der Waals surface area contributed by atoms with Gasteiger partial charge in [0.25, 0.3) is 5.56 Å². The third-order valence-electron chi connectivity index (χ3n) is 5.57. The number of hydrogen-bond acceptors (Lipinski definition) is 8. The van der Waals surface area contributed by atoms with Gasteiger partial charge in [-0.1, -0.05) is 41.1 Å². The average Bonchev–Trinajstić information content (AvgIpc) is 3.36. The highest BCUT2D eigenvalue weighted by Gasteiger charge is 2.20. The maximum absolute atomic E-state index is 12.9. The summed E-state index contributed by atoms with van der Waals surface area (Å²) in [7, 11) is 1.57. The Morgan fingerprint density at radius 2 is 1.86 bits per heavy atom. The van der Waals surface area contributed by atoms with Crippen LogP contribution in [0, 0.1) is 6.92 Å². The predicted molar refractivity (Wildman–Crippen MR) is 131 cm³/mol. The van der Waals surface area contributed by atoms with Crippen molar-refractivity contribution >= 4 is 5.91 Å². The Balaban J connectivity index is 1.50. The number of ether oxygens (including phenoxy) is 1. The number of benzene rings is 2. The smallest absolute Gasteiger partial charge is 0.352 e. The molecule has 0 fully saturated rings. The molecule has 0 atom stereocenters. The van der Waals surface area contributed by atoms with Gasteiger partial charge in [-0.05, 0) is 32.0 Å². The fourth-order valence-electron chi connectivity index (χ4n) is 3.59. The van der Waals surface area contributed by atoms with Crippen LogP contribution in [0.15, 0.2) is 62.6 Å². The number of nitrogens with zero attached hydrogens (tertiary/aromatic N) is 5. The minimum Gasteiger partial charge on any atom is -0.496 e. The van der Waals surface area contributed by atoms with Crippen molar-refractivity contribution in [1.82, 2.24) is 29.8 Å². The molecule has 0 bridgehead atoms. The zero-order valence-corrected chi connectivity index (χ0v) is 20.2. The van der Waals surface area contributed by atoms with Crippen molar-refractivity contribution in [2.45, 2.75) is 39.8 Å². The molecule has 2 heterocycles. The monoisotopic (exact) mass is 490 g/mol. The molecule has 0 saturated heterocycles. The van der Waals surface area contributed by atoms with Gasteiger partial charge in [0, 0.05) is 31.5 Å². The van der Waals surface area contributed by atoms with Crippen LogP contribution in [0.5, 0.6) is 5.75 Å². The van der Waals surface area contributed by atoms with E-state index in [2.05, 4.69) is 20.6 Å². The summed E-state index contributed by atoms with van der Waals surface area (Å²) in [5, 5.41) is 10.9. The van der Waals surface area contributed by atoms with Crippen LogP contribution in [0.25, 0.3) is 17.2 Å². The molecule has 1 amide bonds. The highest BCUT2D eigenvalue weighted by Crippen LogP contribution is 2.17. The summed E-state index contributed by atoms with van der Waals surface area (Å²) in [4.78, 5) is 42.3. The summed E-state index contributed by atoms with van der Waals surface area (Å²) in [6.07, 6.45) is 0.274. The van der Waals surface area contributed by atoms with E-state index < -0.39 is 11.2 Å². The van der Waals surface area contributed by atoms with Crippen molar-refractivity contribution in [1.29, 1.82) is 0 Å². The van der Waals surface area contributed by atoms with Gasteiger partial charge in [0.2, 0.25) is 17.6 Å². The molecule has 11 heteroatoms. The van der Waals surface area contributed by atoms with E-state index in [1.54, 1.807) is 26.2 Å². The number of methoxy groups -OCH3 is 1. The molecule has 186 valence electrons. The average molecular weight is 491 g/mol. The lowest BCUT2D eigenvalue weighted by Crippen LogP contribution is -2.41. The zero-order chi connectivity index (χ0) is 25.7. The summed E-state index contributed by atoms with van der Waals surface area (Å²) >= 11 is 0. The number of rotatable bonds is 9. The van der Waals surface area contributed by atoms with Crippen molar-refractivity contribution in [3.63, 3.8) is 0 Å². The number of carbonyl (C=O) groups excluding carboxylic acids is 1. The van der Waals surface area contributed by atoms with Crippen LogP contribution in [0.2, 0.25) is 0 Å². The highest BCUT2D eigenvalue weighted by molar-refractivity contribution is 5.76. The molecular weight excluding hydrogens is 464 g/mol. The lowest BCUT2D eigenvalue weighted by Gasteiger charge is -2.09. The number of aryl methyl sites for hydroxylation is 2. The van der Waals surface area contributed by atoms with Gasteiger partial charge in [0.15, 0.2) is 5.69 Å². The number of nitrogens with one attached hydrogen (secondary N) is 1. The van der Waals surface area contributed by atoms with E-state index in [0.29, 0.717) is 18.0 Å². The standard InChI is InChI=1S/C25H26N6O5/c1-4-30-24(33)22(28-31(25(30)34)18-11-9-16(2)10-12-18)23-27-21(36-29-23)14-13-20(32)26-15-17-7-5-6-8-19(17)35-3/h5-12H,4,13-15H2,1-3H3,(H,26,32). The normalized spacial score (nSPS) is 10.9. The second-order valence-corrected chi connectivity index (χ2v) is 8.03. The van der Waals surface area contributed by atoms with Crippen LogP contribution < -0.4 is 21.3 Å². The number of para-hydroxylation sites is 1. The molecule has 11 nitrogen and oxygen atoms in total. The zero-order valence-electron chi connectivity index (χ0n) is 20.2. The molecule has 4 aromatic rings. The second-order valence-electron chi connectivity index (χ2n) is 8.03. The van der Waals surface area contributed by atoms with E-state index in [-0.39, 0.29) is 42.7 Å². The van der Waals surface area contributed by atoms with Gasteiger partial charge < -0.3 is 14.6 Å². The van der Waals surface area contributed by atoms with E-state index in [1.807, 2.05) is 43.3 Å². The van der Waals surface area contributed by atoms with Gasteiger partial charge in [-0.3, -0.25) is 14.2 Å². The number of carbonyl (C=O) groups is 1. The van der Waals surface area contributed by atoms with Crippen LogP contribution in [0.3, 0.4) is 0 Å².